The summed E-state index contributed by atoms with van der Waals surface area (Å²) in [5.74, 6) is -0.0587. The van der Waals surface area contributed by atoms with Crippen molar-refractivity contribution in [2.24, 2.45) is 0 Å². The van der Waals surface area contributed by atoms with Gasteiger partial charge in [0.2, 0.25) is 0 Å². The van der Waals surface area contributed by atoms with E-state index >= 15 is 0 Å². The number of hydrogen-bond donors (Lipinski definition) is 0. The number of morpholine rings is 1. The third-order valence-corrected chi connectivity index (χ3v) is 5.06. The first-order valence-electron chi connectivity index (χ1n) is 8.74. The Labute approximate surface area is 147 Å². The minimum Gasteiger partial charge on any atom is -0.378 e. The Morgan fingerprint density at radius 2 is 2.00 bits per heavy atom. The van der Waals surface area contributed by atoms with Gasteiger partial charge in [-0.15, -0.1) is 5.10 Å². The molecule has 132 valence electrons. The zero-order chi connectivity index (χ0) is 17.4. The smallest absolute Gasteiger partial charge is 0.276 e. The van der Waals surface area contributed by atoms with Gasteiger partial charge in [0.25, 0.3) is 5.91 Å². The van der Waals surface area contributed by atoms with Crippen molar-refractivity contribution in [2.75, 3.05) is 39.9 Å². The van der Waals surface area contributed by atoms with Gasteiger partial charge < -0.3 is 14.5 Å². The number of fused-ring (bicyclic) bond motifs is 1. The molecule has 1 aromatic carbocycles. The lowest BCUT2D eigenvalue weighted by Gasteiger charge is -2.27. The van der Waals surface area contributed by atoms with Gasteiger partial charge in [0, 0.05) is 26.2 Å². The number of carbonyl (C=O) groups is 1. The number of ether oxygens (including phenoxy) is 1. The summed E-state index contributed by atoms with van der Waals surface area (Å²) >= 11 is 0. The second-order valence-corrected chi connectivity index (χ2v) is 6.74. The van der Waals surface area contributed by atoms with E-state index in [0.29, 0.717) is 32.0 Å². The van der Waals surface area contributed by atoms with Crippen molar-refractivity contribution >= 4 is 5.91 Å². The average Bonchev–Trinajstić information content (AvgIpc) is 3.02. The van der Waals surface area contributed by atoms with Crippen molar-refractivity contribution in [3.05, 3.63) is 40.7 Å². The van der Waals surface area contributed by atoms with Crippen molar-refractivity contribution < 1.29 is 9.53 Å². The van der Waals surface area contributed by atoms with Crippen LogP contribution in [0.25, 0.3) is 5.69 Å². The summed E-state index contributed by atoms with van der Waals surface area (Å²) in [6, 6.07) is 6.29. The van der Waals surface area contributed by atoms with Crippen LogP contribution in [0.3, 0.4) is 0 Å². The molecule has 7 nitrogen and oxygen atoms in total. The summed E-state index contributed by atoms with van der Waals surface area (Å²) in [5.41, 5.74) is 4.90. The molecule has 1 fully saturated rings. The number of rotatable bonds is 2. The molecule has 0 bridgehead atoms. The Kier molecular flexibility index (Phi) is 4.27. The summed E-state index contributed by atoms with van der Waals surface area (Å²) < 4.78 is 7.14. The molecule has 0 radical (unpaired) electrons. The molecule has 2 aliphatic rings. The fourth-order valence-corrected chi connectivity index (χ4v) is 3.60. The first kappa shape index (κ1) is 16.2. The zero-order valence-electron chi connectivity index (χ0n) is 14.7. The van der Waals surface area contributed by atoms with Gasteiger partial charge in [-0.1, -0.05) is 17.3 Å². The van der Waals surface area contributed by atoms with Gasteiger partial charge in [0.1, 0.15) is 0 Å². The van der Waals surface area contributed by atoms with E-state index in [0.717, 1.165) is 30.9 Å². The maximum atomic E-state index is 12.7. The molecule has 0 saturated carbocycles. The molecular weight excluding hydrogens is 318 g/mol. The van der Waals surface area contributed by atoms with Crippen molar-refractivity contribution in [2.45, 2.75) is 19.9 Å². The van der Waals surface area contributed by atoms with Gasteiger partial charge in [0.05, 0.1) is 24.6 Å². The number of benzene rings is 1. The molecule has 3 heterocycles. The summed E-state index contributed by atoms with van der Waals surface area (Å²) in [6.07, 6.45) is 0.980. The largest absolute Gasteiger partial charge is 0.378 e. The van der Waals surface area contributed by atoms with Crippen LogP contribution < -0.4 is 0 Å². The Bertz CT molecular complexity index is 795. The van der Waals surface area contributed by atoms with Crippen molar-refractivity contribution in [1.82, 2.24) is 24.8 Å². The molecule has 0 N–H and O–H groups in total. The Hall–Kier alpha value is -2.25. The molecule has 2 aliphatic heterocycles. The molecule has 0 spiro atoms. The van der Waals surface area contributed by atoms with E-state index < -0.39 is 0 Å². The average molecular weight is 341 g/mol. The normalized spacial score (nSPS) is 18.2. The van der Waals surface area contributed by atoms with Crippen LogP contribution in [0.1, 0.15) is 27.3 Å². The zero-order valence-corrected chi connectivity index (χ0v) is 14.7. The molecule has 25 heavy (non-hydrogen) atoms. The number of aromatic nitrogens is 3. The monoisotopic (exact) mass is 341 g/mol. The van der Waals surface area contributed by atoms with Crippen LogP contribution in [-0.4, -0.2) is 70.6 Å². The summed E-state index contributed by atoms with van der Waals surface area (Å²) in [4.78, 5) is 16.8. The fraction of sp³-hybridized carbons (Fsp3) is 0.500. The van der Waals surface area contributed by atoms with E-state index in [1.165, 1.54) is 11.1 Å². The highest BCUT2D eigenvalue weighted by atomic mass is 16.5. The molecule has 0 atom stereocenters. The molecule has 1 amide bonds. The minimum atomic E-state index is -0.0587. The number of likely N-dealkylation sites (N-methyl/N-ethyl adjacent to an activating group) is 1. The van der Waals surface area contributed by atoms with Gasteiger partial charge in [-0.05, 0) is 37.6 Å². The molecule has 0 aliphatic carbocycles. The van der Waals surface area contributed by atoms with Crippen molar-refractivity contribution in [3.63, 3.8) is 0 Å². The Balaban J connectivity index is 1.68. The Morgan fingerprint density at radius 3 is 2.80 bits per heavy atom. The van der Waals surface area contributed by atoms with E-state index in [1.54, 1.807) is 4.90 Å². The maximum Gasteiger partial charge on any atom is 0.276 e. The lowest BCUT2D eigenvalue weighted by atomic mass is 9.98. The number of nitrogens with zero attached hydrogens (tertiary/aromatic N) is 5. The molecule has 1 aromatic heterocycles. The van der Waals surface area contributed by atoms with Crippen LogP contribution >= 0.6 is 0 Å². The van der Waals surface area contributed by atoms with Gasteiger partial charge in [0.15, 0.2) is 5.69 Å². The predicted octanol–water partition coefficient (Wildman–Crippen LogP) is 1.04. The molecule has 4 rings (SSSR count). The van der Waals surface area contributed by atoms with Crippen LogP contribution in [-0.2, 0) is 17.7 Å². The van der Waals surface area contributed by atoms with E-state index in [2.05, 4.69) is 40.5 Å². The molecule has 2 aromatic rings. The maximum absolute atomic E-state index is 12.7. The van der Waals surface area contributed by atoms with Crippen molar-refractivity contribution in [3.8, 4) is 5.69 Å². The lowest BCUT2D eigenvalue weighted by Crippen LogP contribution is -2.41. The second kappa shape index (κ2) is 6.57. The highest BCUT2D eigenvalue weighted by Gasteiger charge is 2.26. The third kappa shape index (κ3) is 2.94. The standard InChI is InChI=1S/C18H23N5O2/c1-13-17(18(24)22-8-10-25-11-9-22)19-20-23(13)16-5-3-4-14-12-21(2)7-6-15(14)16/h3-5H,6-12H2,1-2H3. The van der Waals surface area contributed by atoms with Gasteiger partial charge >= 0.3 is 0 Å². The van der Waals surface area contributed by atoms with E-state index in [-0.39, 0.29) is 5.91 Å². The molecule has 7 heteroatoms. The fourth-order valence-electron chi connectivity index (χ4n) is 3.60. The highest BCUT2D eigenvalue weighted by Crippen LogP contribution is 2.25. The molecular formula is C18H23N5O2. The van der Waals surface area contributed by atoms with Crippen LogP contribution in [0.2, 0.25) is 0 Å². The third-order valence-electron chi connectivity index (χ3n) is 5.06. The number of hydrogen-bond acceptors (Lipinski definition) is 5. The van der Waals surface area contributed by atoms with Gasteiger partial charge in [-0.25, -0.2) is 4.68 Å². The predicted molar refractivity (Wildman–Crippen MR) is 92.9 cm³/mol. The first-order chi connectivity index (χ1) is 12.1. The highest BCUT2D eigenvalue weighted by molar-refractivity contribution is 5.93. The van der Waals surface area contributed by atoms with Crippen LogP contribution in [0.15, 0.2) is 18.2 Å². The second-order valence-electron chi connectivity index (χ2n) is 6.74. The van der Waals surface area contributed by atoms with Crippen LogP contribution in [0.4, 0.5) is 0 Å². The number of amides is 1. The Morgan fingerprint density at radius 1 is 1.20 bits per heavy atom. The van der Waals surface area contributed by atoms with Crippen LogP contribution in [0.5, 0.6) is 0 Å². The number of carbonyl (C=O) groups excluding carboxylic acids is 1. The van der Waals surface area contributed by atoms with Crippen LogP contribution in [0, 0.1) is 6.92 Å². The molecule has 0 unspecified atom stereocenters. The lowest BCUT2D eigenvalue weighted by molar-refractivity contribution is 0.0298. The summed E-state index contributed by atoms with van der Waals surface area (Å²) in [6.45, 7) is 6.27. The minimum absolute atomic E-state index is 0.0587. The van der Waals surface area contributed by atoms with Gasteiger partial charge in [-0.2, -0.15) is 0 Å². The SMILES string of the molecule is Cc1c(C(=O)N2CCOCC2)nnn1-c1cccc2c1CCN(C)C2. The van der Waals surface area contributed by atoms with E-state index in [1.807, 2.05) is 11.6 Å². The quantitative estimate of drug-likeness (QED) is 0.817. The van der Waals surface area contributed by atoms with Gasteiger partial charge in [-0.3, -0.25) is 4.79 Å². The van der Waals surface area contributed by atoms with E-state index in [4.69, 9.17) is 4.74 Å². The molecule has 1 saturated heterocycles. The summed E-state index contributed by atoms with van der Waals surface area (Å²) in [5, 5.41) is 8.50. The summed E-state index contributed by atoms with van der Waals surface area (Å²) in [7, 11) is 2.13. The van der Waals surface area contributed by atoms with Crippen molar-refractivity contribution in [1.29, 1.82) is 0 Å². The van der Waals surface area contributed by atoms with E-state index in [9.17, 15) is 4.79 Å². The topological polar surface area (TPSA) is 63.5 Å². The first-order valence-corrected chi connectivity index (χ1v) is 8.74.